The van der Waals surface area contributed by atoms with E-state index in [1.165, 1.54) is 6.92 Å². The second-order valence-electron chi connectivity index (χ2n) is 5.93. The first-order valence-electron chi connectivity index (χ1n) is 7.98. The van der Waals surface area contributed by atoms with Gasteiger partial charge in [-0.15, -0.1) is 0 Å². The van der Waals surface area contributed by atoms with Crippen molar-refractivity contribution in [1.82, 2.24) is 20.0 Å². The number of carbonyl (C=O) groups is 2. The first-order chi connectivity index (χ1) is 12.0. The minimum atomic E-state index is -0.900. The minimum absolute atomic E-state index is 0.00122. The highest BCUT2D eigenvalue weighted by atomic mass is 35.5. The van der Waals surface area contributed by atoms with E-state index in [9.17, 15) is 14.7 Å². The lowest BCUT2D eigenvalue weighted by atomic mass is 10.1. The number of nitrogens with one attached hydrogen (secondary N) is 1. The molecule has 1 aromatic carbocycles. The number of hydrogen-bond acceptors (Lipinski definition) is 4. The smallest absolute Gasteiger partial charge is 0.271 e. The molecule has 0 bridgehead atoms. The average molecular weight is 363 g/mol. The van der Waals surface area contributed by atoms with Crippen molar-refractivity contribution < 1.29 is 14.7 Å². The molecule has 0 fully saturated rings. The van der Waals surface area contributed by atoms with Crippen LogP contribution in [0.15, 0.2) is 30.3 Å². The minimum Gasteiger partial charge on any atom is -0.387 e. The molecule has 2 amide bonds. The summed E-state index contributed by atoms with van der Waals surface area (Å²) in [5.74, 6) is -0.372. The van der Waals surface area contributed by atoms with Crippen LogP contribution < -0.4 is 5.32 Å². The zero-order chi connectivity index (χ0) is 18.0. The third-order valence-corrected chi connectivity index (χ3v) is 4.54. The quantitative estimate of drug-likeness (QED) is 0.859. The Morgan fingerprint density at radius 1 is 1.36 bits per heavy atom. The van der Waals surface area contributed by atoms with E-state index in [2.05, 4.69) is 10.4 Å². The summed E-state index contributed by atoms with van der Waals surface area (Å²) in [4.78, 5) is 25.5. The van der Waals surface area contributed by atoms with Crippen LogP contribution in [-0.4, -0.2) is 44.7 Å². The van der Waals surface area contributed by atoms with Crippen LogP contribution in [0, 0.1) is 0 Å². The van der Waals surface area contributed by atoms with Crippen LogP contribution in [-0.2, 0) is 17.9 Å². The van der Waals surface area contributed by atoms with E-state index in [1.54, 1.807) is 39.9 Å². The normalized spacial score (nSPS) is 14.8. The number of aromatic nitrogens is 2. The molecule has 25 heavy (non-hydrogen) atoms. The summed E-state index contributed by atoms with van der Waals surface area (Å²) < 4.78 is 1.73. The van der Waals surface area contributed by atoms with Gasteiger partial charge >= 0.3 is 0 Å². The SMILES string of the molecule is CC(=O)N1CCn2nc(C(=O)NCC(O)c3ccccc3Cl)cc2C1. The fraction of sp³-hybridized carbons (Fsp3) is 0.353. The Morgan fingerprint density at radius 3 is 2.84 bits per heavy atom. The molecule has 0 aliphatic carbocycles. The number of amides is 2. The van der Waals surface area contributed by atoms with Crippen molar-refractivity contribution in [2.24, 2.45) is 0 Å². The first-order valence-corrected chi connectivity index (χ1v) is 8.36. The van der Waals surface area contributed by atoms with E-state index in [4.69, 9.17) is 11.6 Å². The molecular formula is C17H19ClN4O3. The van der Waals surface area contributed by atoms with Gasteiger partial charge in [0.2, 0.25) is 5.91 Å². The number of aliphatic hydroxyl groups is 1. The van der Waals surface area contributed by atoms with Gasteiger partial charge < -0.3 is 15.3 Å². The molecule has 7 nitrogen and oxygen atoms in total. The topological polar surface area (TPSA) is 87.5 Å². The molecule has 1 unspecified atom stereocenters. The Labute approximate surface area is 150 Å². The van der Waals surface area contributed by atoms with E-state index >= 15 is 0 Å². The predicted molar refractivity (Wildman–Crippen MR) is 92.1 cm³/mol. The second-order valence-corrected chi connectivity index (χ2v) is 6.34. The average Bonchev–Trinajstić information content (AvgIpc) is 3.03. The molecule has 2 heterocycles. The van der Waals surface area contributed by atoms with Gasteiger partial charge in [-0.3, -0.25) is 14.3 Å². The molecule has 132 valence electrons. The zero-order valence-electron chi connectivity index (χ0n) is 13.8. The van der Waals surface area contributed by atoms with Crippen molar-refractivity contribution >= 4 is 23.4 Å². The van der Waals surface area contributed by atoms with Crippen molar-refractivity contribution in [3.05, 3.63) is 52.3 Å². The van der Waals surface area contributed by atoms with E-state index < -0.39 is 6.10 Å². The van der Waals surface area contributed by atoms with Gasteiger partial charge in [-0.05, 0) is 12.1 Å². The molecule has 8 heteroatoms. The van der Waals surface area contributed by atoms with Gasteiger partial charge in [0, 0.05) is 30.6 Å². The van der Waals surface area contributed by atoms with Gasteiger partial charge in [-0.1, -0.05) is 29.8 Å². The van der Waals surface area contributed by atoms with E-state index in [-0.39, 0.29) is 24.1 Å². The molecule has 1 atom stereocenters. The van der Waals surface area contributed by atoms with Gasteiger partial charge in [-0.25, -0.2) is 0 Å². The zero-order valence-corrected chi connectivity index (χ0v) is 14.5. The van der Waals surface area contributed by atoms with Gasteiger partial charge in [0.15, 0.2) is 5.69 Å². The van der Waals surface area contributed by atoms with Crippen molar-refractivity contribution in [1.29, 1.82) is 0 Å². The molecule has 2 aromatic rings. The molecule has 0 radical (unpaired) electrons. The lowest BCUT2D eigenvalue weighted by molar-refractivity contribution is -0.130. The Balaban J connectivity index is 1.63. The van der Waals surface area contributed by atoms with Gasteiger partial charge in [0.25, 0.3) is 5.91 Å². The number of fused-ring (bicyclic) bond motifs is 1. The van der Waals surface area contributed by atoms with Crippen LogP contribution in [0.3, 0.4) is 0 Å². The molecule has 1 aromatic heterocycles. The molecule has 0 saturated carbocycles. The Hall–Kier alpha value is -2.38. The Kier molecular flexibility index (Phi) is 5.06. The van der Waals surface area contributed by atoms with Crippen LogP contribution in [0.25, 0.3) is 0 Å². The van der Waals surface area contributed by atoms with Gasteiger partial charge in [0.1, 0.15) is 0 Å². The summed E-state index contributed by atoms with van der Waals surface area (Å²) >= 11 is 6.04. The first kappa shape index (κ1) is 17.4. The number of rotatable bonds is 4. The van der Waals surface area contributed by atoms with E-state index in [0.29, 0.717) is 30.2 Å². The summed E-state index contributed by atoms with van der Waals surface area (Å²) in [5, 5.41) is 17.6. The highest BCUT2D eigenvalue weighted by molar-refractivity contribution is 6.31. The molecule has 3 rings (SSSR count). The number of benzene rings is 1. The molecule has 1 aliphatic rings. The van der Waals surface area contributed by atoms with Crippen LogP contribution in [0.4, 0.5) is 0 Å². The standard InChI is InChI=1S/C17H19ClN4O3/c1-11(23)21-6-7-22-12(10-21)8-15(20-22)17(25)19-9-16(24)13-4-2-3-5-14(13)18/h2-5,8,16,24H,6-7,9-10H2,1H3,(H,19,25). The molecular weight excluding hydrogens is 344 g/mol. The summed E-state index contributed by atoms with van der Waals surface area (Å²) in [5.41, 5.74) is 1.65. The van der Waals surface area contributed by atoms with Crippen molar-refractivity contribution in [3.63, 3.8) is 0 Å². The number of halogens is 1. The summed E-state index contributed by atoms with van der Waals surface area (Å²) in [7, 11) is 0. The maximum Gasteiger partial charge on any atom is 0.271 e. The molecule has 0 saturated heterocycles. The fourth-order valence-corrected chi connectivity index (χ4v) is 3.04. The van der Waals surface area contributed by atoms with Crippen molar-refractivity contribution in [3.8, 4) is 0 Å². The Morgan fingerprint density at radius 2 is 2.12 bits per heavy atom. The maximum atomic E-state index is 12.3. The maximum absolute atomic E-state index is 12.3. The number of aliphatic hydroxyl groups excluding tert-OH is 1. The molecule has 0 spiro atoms. The van der Waals surface area contributed by atoms with Crippen molar-refractivity contribution in [2.45, 2.75) is 26.1 Å². The van der Waals surface area contributed by atoms with Crippen molar-refractivity contribution in [2.75, 3.05) is 13.1 Å². The largest absolute Gasteiger partial charge is 0.387 e. The second kappa shape index (κ2) is 7.25. The highest BCUT2D eigenvalue weighted by Gasteiger charge is 2.22. The molecule has 2 N–H and O–H groups in total. The lowest BCUT2D eigenvalue weighted by Gasteiger charge is -2.26. The summed E-state index contributed by atoms with van der Waals surface area (Å²) in [6.07, 6.45) is -0.900. The van der Waals surface area contributed by atoms with Crippen LogP contribution in [0.1, 0.15) is 34.8 Å². The van der Waals surface area contributed by atoms with Crippen LogP contribution in [0.5, 0.6) is 0 Å². The number of nitrogens with zero attached hydrogens (tertiary/aromatic N) is 3. The summed E-state index contributed by atoms with van der Waals surface area (Å²) in [6, 6.07) is 8.62. The predicted octanol–water partition coefficient (Wildman–Crippen LogP) is 1.36. The fourth-order valence-electron chi connectivity index (χ4n) is 2.78. The van der Waals surface area contributed by atoms with Gasteiger partial charge in [0.05, 0.1) is 24.9 Å². The third-order valence-electron chi connectivity index (χ3n) is 4.20. The highest BCUT2D eigenvalue weighted by Crippen LogP contribution is 2.22. The lowest BCUT2D eigenvalue weighted by Crippen LogP contribution is -2.36. The monoisotopic (exact) mass is 362 g/mol. The molecule has 1 aliphatic heterocycles. The summed E-state index contributed by atoms with van der Waals surface area (Å²) in [6.45, 7) is 3.14. The van der Waals surface area contributed by atoms with Gasteiger partial charge in [-0.2, -0.15) is 5.10 Å². The van der Waals surface area contributed by atoms with Crippen LogP contribution in [0.2, 0.25) is 5.02 Å². The third kappa shape index (κ3) is 3.83. The van der Waals surface area contributed by atoms with E-state index in [1.807, 2.05) is 0 Å². The van der Waals surface area contributed by atoms with Crippen LogP contribution >= 0.6 is 11.6 Å². The number of carbonyl (C=O) groups excluding carboxylic acids is 2. The van der Waals surface area contributed by atoms with E-state index in [0.717, 1.165) is 5.69 Å². The number of hydrogen-bond donors (Lipinski definition) is 2. The Bertz CT molecular complexity index is 805.